The van der Waals surface area contributed by atoms with Gasteiger partial charge in [-0.1, -0.05) is 25.4 Å². The van der Waals surface area contributed by atoms with E-state index in [2.05, 4.69) is 19.2 Å². The zero-order valence-corrected chi connectivity index (χ0v) is 16.6. The first-order chi connectivity index (χ1) is 13.4. The van der Waals surface area contributed by atoms with E-state index in [4.69, 9.17) is 21.1 Å². The lowest BCUT2D eigenvalue weighted by molar-refractivity contribution is -0.385. The third-order valence-electron chi connectivity index (χ3n) is 3.66. The first-order valence-electron chi connectivity index (χ1n) is 8.94. The van der Waals surface area contributed by atoms with E-state index in [-0.39, 0.29) is 22.4 Å². The van der Waals surface area contributed by atoms with Crippen LogP contribution in [0.4, 0.5) is 5.69 Å². The molecule has 28 heavy (non-hydrogen) atoms. The van der Waals surface area contributed by atoms with Gasteiger partial charge in [0, 0.05) is 36.4 Å². The highest BCUT2D eigenvalue weighted by molar-refractivity contribution is 6.30. The van der Waals surface area contributed by atoms with Crippen molar-refractivity contribution in [1.29, 1.82) is 0 Å². The van der Waals surface area contributed by atoms with Crippen LogP contribution in [0.25, 0.3) is 0 Å². The molecule has 0 spiro atoms. The van der Waals surface area contributed by atoms with E-state index in [1.807, 2.05) is 0 Å². The van der Waals surface area contributed by atoms with Gasteiger partial charge in [-0.05, 0) is 48.7 Å². The molecule has 2 aromatic carbocycles. The van der Waals surface area contributed by atoms with Crippen molar-refractivity contribution in [3.8, 4) is 11.5 Å². The summed E-state index contributed by atoms with van der Waals surface area (Å²) >= 11 is 5.79. The van der Waals surface area contributed by atoms with Crippen LogP contribution < -0.4 is 10.1 Å². The van der Waals surface area contributed by atoms with Gasteiger partial charge in [-0.15, -0.1) is 0 Å². The second-order valence-electron chi connectivity index (χ2n) is 6.57. The van der Waals surface area contributed by atoms with Gasteiger partial charge < -0.3 is 14.8 Å². The molecule has 0 fully saturated rings. The van der Waals surface area contributed by atoms with Gasteiger partial charge >= 0.3 is 5.69 Å². The van der Waals surface area contributed by atoms with E-state index in [1.54, 1.807) is 24.3 Å². The van der Waals surface area contributed by atoms with Gasteiger partial charge in [0.2, 0.25) is 5.75 Å². The number of carbonyl (C=O) groups is 1. The van der Waals surface area contributed by atoms with Crippen LogP contribution in [-0.2, 0) is 4.74 Å². The standard InChI is InChI=1S/C20H23ClN2O5/c1-14(2)13-27-11-3-10-22-20(24)15-4-7-17(8-5-15)28-19-9-6-16(21)12-18(19)23(25)26/h4-9,12,14H,3,10-11,13H2,1-2H3,(H,22,24). The van der Waals surface area contributed by atoms with Gasteiger partial charge in [0.15, 0.2) is 0 Å². The highest BCUT2D eigenvalue weighted by Gasteiger charge is 2.16. The van der Waals surface area contributed by atoms with Gasteiger partial charge in [-0.3, -0.25) is 14.9 Å². The second kappa shape index (κ2) is 10.6. The first-order valence-corrected chi connectivity index (χ1v) is 9.32. The van der Waals surface area contributed by atoms with Crippen molar-refractivity contribution in [3.05, 3.63) is 63.2 Å². The zero-order valence-electron chi connectivity index (χ0n) is 15.8. The SMILES string of the molecule is CC(C)COCCCNC(=O)c1ccc(Oc2ccc(Cl)cc2[N+](=O)[O-])cc1. The molecule has 150 valence electrons. The van der Waals surface area contributed by atoms with Crippen LogP contribution in [0, 0.1) is 16.0 Å². The summed E-state index contributed by atoms with van der Waals surface area (Å²) in [5.74, 6) is 0.745. The van der Waals surface area contributed by atoms with Crippen LogP contribution in [0.15, 0.2) is 42.5 Å². The van der Waals surface area contributed by atoms with Crippen LogP contribution in [0.3, 0.4) is 0 Å². The molecule has 0 saturated carbocycles. The fourth-order valence-corrected chi connectivity index (χ4v) is 2.48. The lowest BCUT2D eigenvalue weighted by Crippen LogP contribution is -2.25. The summed E-state index contributed by atoms with van der Waals surface area (Å²) in [5, 5.41) is 14.2. The number of nitro groups is 1. The Balaban J connectivity index is 1.88. The second-order valence-corrected chi connectivity index (χ2v) is 7.01. The number of hydrogen-bond acceptors (Lipinski definition) is 5. The summed E-state index contributed by atoms with van der Waals surface area (Å²) in [4.78, 5) is 22.7. The van der Waals surface area contributed by atoms with Crippen molar-refractivity contribution in [3.63, 3.8) is 0 Å². The predicted octanol–water partition coefficient (Wildman–Crippen LogP) is 4.83. The lowest BCUT2D eigenvalue weighted by atomic mass is 10.2. The smallest absolute Gasteiger partial charge is 0.313 e. The fourth-order valence-electron chi connectivity index (χ4n) is 2.32. The maximum absolute atomic E-state index is 12.1. The number of hydrogen-bond donors (Lipinski definition) is 1. The number of ether oxygens (including phenoxy) is 2. The molecule has 0 aromatic heterocycles. The molecule has 0 bridgehead atoms. The quantitative estimate of drug-likeness (QED) is 0.346. The Bertz CT molecular complexity index is 809. The molecular weight excluding hydrogens is 384 g/mol. The van der Waals surface area contributed by atoms with Crippen molar-refractivity contribution >= 4 is 23.2 Å². The molecular formula is C20H23ClN2O5. The number of nitrogens with zero attached hydrogens (tertiary/aromatic N) is 1. The molecule has 1 N–H and O–H groups in total. The first kappa shape index (κ1) is 21.7. The zero-order chi connectivity index (χ0) is 20.5. The molecule has 2 rings (SSSR count). The average Bonchev–Trinajstić information content (AvgIpc) is 2.66. The number of carbonyl (C=O) groups excluding carboxylic acids is 1. The summed E-state index contributed by atoms with van der Waals surface area (Å²) in [6.45, 7) is 6.00. The predicted molar refractivity (Wildman–Crippen MR) is 107 cm³/mol. The third-order valence-corrected chi connectivity index (χ3v) is 3.90. The van der Waals surface area contributed by atoms with Gasteiger partial charge in [0.1, 0.15) is 5.75 Å². The van der Waals surface area contributed by atoms with Gasteiger partial charge in [0.25, 0.3) is 5.91 Å². The van der Waals surface area contributed by atoms with Crippen molar-refractivity contribution < 1.29 is 19.2 Å². The Morgan fingerprint density at radius 3 is 2.57 bits per heavy atom. The number of nitro benzene ring substituents is 1. The number of benzene rings is 2. The van der Waals surface area contributed by atoms with Crippen molar-refractivity contribution in [2.75, 3.05) is 19.8 Å². The molecule has 0 aliphatic carbocycles. The van der Waals surface area contributed by atoms with Crippen LogP contribution in [-0.4, -0.2) is 30.6 Å². The molecule has 0 heterocycles. The van der Waals surface area contributed by atoms with Crippen molar-refractivity contribution in [1.82, 2.24) is 5.32 Å². The molecule has 1 amide bonds. The van der Waals surface area contributed by atoms with Crippen LogP contribution in [0.2, 0.25) is 5.02 Å². The fraction of sp³-hybridized carbons (Fsp3) is 0.350. The van der Waals surface area contributed by atoms with E-state index in [0.29, 0.717) is 37.0 Å². The van der Waals surface area contributed by atoms with Crippen molar-refractivity contribution in [2.45, 2.75) is 20.3 Å². The van der Waals surface area contributed by atoms with Gasteiger partial charge in [-0.25, -0.2) is 0 Å². The molecule has 0 saturated heterocycles. The minimum absolute atomic E-state index is 0.0769. The number of nitrogens with one attached hydrogen (secondary N) is 1. The summed E-state index contributed by atoms with van der Waals surface area (Å²) in [6.07, 6.45) is 0.736. The molecule has 0 aliphatic rings. The summed E-state index contributed by atoms with van der Waals surface area (Å²) < 4.78 is 11.0. The minimum Gasteiger partial charge on any atom is -0.450 e. The number of amides is 1. The Morgan fingerprint density at radius 2 is 1.93 bits per heavy atom. The van der Waals surface area contributed by atoms with Crippen molar-refractivity contribution in [2.24, 2.45) is 5.92 Å². The molecule has 0 aliphatic heterocycles. The Morgan fingerprint density at radius 1 is 1.21 bits per heavy atom. The van der Waals surface area contributed by atoms with E-state index in [0.717, 1.165) is 6.42 Å². The summed E-state index contributed by atoms with van der Waals surface area (Å²) in [7, 11) is 0. The van der Waals surface area contributed by atoms with Gasteiger partial charge in [-0.2, -0.15) is 0 Å². The normalized spacial score (nSPS) is 10.7. The Labute approximate surface area is 168 Å². The molecule has 7 nitrogen and oxygen atoms in total. The topological polar surface area (TPSA) is 90.7 Å². The lowest BCUT2D eigenvalue weighted by Gasteiger charge is -2.09. The third kappa shape index (κ3) is 6.83. The molecule has 8 heteroatoms. The van der Waals surface area contributed by atoms with E-state index in [9.17, 15) is 14.9 Å². The van der Waals surface area contributed by atoms with Crippen LogP contribution in [0.1, 0.15) is 30.6 Å². The maximum Gasteiger partial charge on any atom is 0.313 e. The van der Waals surface area contributed by atoms with E-state index >= 15 is 0 Å². The number of halogens is 1. The Kier molecular flexibility index (Phi) is 8.22. The molecule has 2 aromatic rings. The van der Waals surface area contributed by atoms with Gasteiger partial charge in [0.05, 0.1) is 4.92 Å². The highest BCUT2D eigenvalue weighted by atomic mass is 35.5. The van der Waals surface area contributed by atoms with Crippen LogP contribution in [0.5, 0.6) is 11.5 Å². The van der Waals surface area contributed by atoms with E-state index < -0.39 is 4.92 Å². The monoisotopic (exact) mass is 406 g/mol. The minimum atomic E-state index is -0.562. The summed E-state index contributed by atoms with van der Waals surface area (Å²) in [5.41, 5.74) is 0.245. The molecule has 0 radical (unpaired) electrons. The maximum atomic E-state index is 12.1. The van der Waals surface area contributed by atoms with Crippen LogP contribution >= 0.6 is 11.6 Å². The highest BCUT2D eigenvalue weighted by Crippen LogP contribution is 2.33. The molecule has 0 atom stereocenters. The Hall–Kier alpha value is -2.64. The largest absolute Gasteiger partial charge is 0.450 e. The van der Waals surface area contributed by atoms with E-state index in [1.165, 1.54) is 18.2 Å². The number of rotatable bonds is 10. The summed E-state index contributed by atoms with van der Waals surface area (Å²) in [6, 6.07) is 10.5. The average molecular weight is 407 g/mol. The molecule has 0 unspecified atom stereocenters.